The number of urea groups is 1. The van der Waals surface area contributed by atoms with Gasteiger partial charge in [0.15, 0.2) is 0 Å². The zero-order valence-electron chi connectivity index (χ0n) is 9.01. The standard InChI is InChI=1S/C9H11N5O3/c1-5-2-3-6(7(4-5)14(16)17)12-8(10)13-9(11)15/h2-4H,1H3,(H5,10,11,12,13,15). The van der Waals surface area contributed by atoms with Crippen LogP contribution in [0.4, 0.5) is 16.2 Å². The number of nitrogens with zero attached hydrogens (tertiary/aromatic N) is 2. The molecule has 0 aliphatic heterocycles. The zero-order valence-corrected chi connectivity index (χ0v) is 9.01. The van der Waals surface area contributed by atoms with Crippen molar-refractivity contribution < 1.29 is 9.72 Å². The van der Waals surface area contributed by atoms with Crippen molar-refractivity contribution in [3.63, 3.8) is 0 Å². The average molecular weight is 237 g/mol. The van der Waals surface area contributed by atoms with Gasteiger partial charge in [-0.1, -0.05) is 6.07 Å². The molecule has 5 N–H and O–H groups in total. The number of primary amides is 1. The minimum atomic E-state index is -0.888. The van der Waals surface area contributed by atoms with E-state index < -0.39 is 11.0 Å². The fourth-order valence-electron chi connectivity index (χ4n) is 1.16. The lowest BCUT2D eigenvalue weighted by Crippen LogP contribution is -2.39. The van der Waals surface area contributed by atoms with E-state index in [1.165, 1.54) is 12.1 Å². The molecule has 0 aliphatic carbocycles. The van der Waals surface area contributed by atoms with Crippen LogP contribution in [0.15, 0.2) is 23.2 Å². The molecule has 90 valence electrons. The molecule has 1 rings (SSSR count). The summed E-state index contributed by atoms with van der Waals surface area (Å²) in [6.45, 7) is 1.71. The second-order valence-corrected chi connectivity index (χ2v) is 3.24. The molecular formula is C9H11N5O3. The Bertz CT molecular complexity index is 497. The molecule has 2 amide bonds. The molecule has 0 aromatic heterocycles. The zero-order chi connectivity index (χ0) is 13.0. The summed E-state index contributed by atoms with van der Waals surface area (Å²) < 4.78 is 0. The first-order valence-corrected chi connectivity index (χ1v) is 4.56. The summed E-state index contributed by atoms with van der Waals surface area (Å²) in [5.41, 5.74) is 10.7. The Morgan fingerprint density at radius 1 is 1.47 bits per heavy atom. The summed E-state index contributed by atoms with van der Waals surface area (Å²) in [5.74, 6) is -0.301. The van der Waals surface area contributed by atoms with Gasteiger partial charge in [0.2, 0.25) is 5.96 Å². The van der Waals surface area contributed by atoms with Crippen LogP contribution in [0.25, 0.3) is 0 Å². The van der Waals surface area contributed by atoms with Gasteiger partial charge in [-0.3, -0.25) is 15.4 Å². The molecular weight excluding hydrogens is 226 g/mol. The van der Waals surface area contributed by atoms with Gasteiger partial charge in [-0.25, -0.2) is 9.79 Å². The highest BCUT2D eigenvalue weighted by atomic mass is 16.6. The first-order valence-electron chi connectivity index (χ1n) is 4.56. The molecule has 0 saturated carbocycles. The number of guanidine groups is 1. The van der Waals surface area contributed by atoms with Gasteiger partial charge < -0.3 is 11.5 Å². The first-order chi connectivity index (χ1) is 7.90. The highest BCUT2D eigenvalue weighted by molar-refractivity contribution is 5.96. The molecule has 8 nitrogen and oxygen atoms in total. The molecule has 0 fully saturated rings. The Morgan fingerprint density at radius 2 is 2.12 bits per heavy atom. The van der Waals surface area contributed by atoms with Crippen molar-refractivity contribution in [1.82, 2.24) is 5.32 Å². The van der Waals surface area contributed by atoms with Crippen LogP contribution in [0.5, 0.6) is 0 Å². The molecule has 1 aromatic carbocycles. The Balaban J connectivity index is 3.13. The van der Waals surface area contributed by atoms with Crippen molar-refractivity contribution in [2.45, 2.75) is 6.92 Å². The third-order valence-corrected chi connectivity index (χ3v) is 1.82. The Labute approximate surface area is 96.5 Å². The molecule has 0 unspecified atom stereocenters. The predicted octanol–water partition coefficient (Wildman–Crippen LogP) is 0.518. The minimum absolute atomic E-state index is 0.0480. The lowest BCUT2D eigenvalue weighted by atomic mass is 10.2. The van der Waals surface area contributed by atoms with Crippen LogP contribution < -0.4 is 16.8 Å². The number of rotatable bonds is 2. The number of nitro groups is 1. The van der Waals surface area contributed by atoms with E-state index in [1.807, 2.05) is 5.32 Å². The third-order valence-electron chi connectivity index (χ3n) is 1.82. The number of nitrogens with one attached hydrogen (secondary N) is 1. The van der Waals surface area contributed by atoms with E-state index in [0.29, 0.717) is 0 Å². The molecule has 0 saturated heterocycles. The van der Waals surface area contributed by atoms with Gasteiger partial charge >= 0.3 is 6.03 Å². The highest BCUT2D eigenvalue weighted by Crippen LogP contribution is 2.27. The smallest absolute Gasteiger partial charge is 0.318 e. The Morgan fingerprint density at radius 3 is 2.65 bits per heavy atom. The van der Waals surface area contributed by atoms with E-state index in [2.05, 4.69) is 4.99 Å². The van der Waals surface area contributed by atoms with Gasteiger partial charge in [-0.05, 0) is 18.6 Å². The molecule has 0 radical (unpaired) electrons. The number of benzene rings is 1. The van der Waals surface area contributed by atoms with Crippen LogP contribution in [0.3, 0.4) is 0 Å². The third kappa shape index (κ3) is 3.45. The number of hydrogen-bond donors (Lipinski definition) is 3. The second kappa shape index (κ2) is 4.92. The molecule has 17 heavy (non-hydrogen) atoms. The second-order valence-electron chi connectivity index (χ2n) is 3.24. The van der Waals surface area contributed by atoms with Crippen LogP contribution in [-0.2, 0) is 0 Å². The molecule has 8 heteroatoms. The lowest BCUT2D eigenvalue weighted by molar-refractivity contribution is -0.384. The quantitative estimate of drug-likeness (QED) is 0.299. The fourth-order valence-corrected chi connectivity index (χ4v) is 1.16. The number of hydrogen-bond acceptors (Lipinski definition) is 4. The van der Waals surface area contributed by atoms with Crippen LogP contribution in [0, 0.1) is 17.0 Å². The van der Waals surface area contributed by atoms with E-state index in [4.69, 9.17) is 11.5 Å². The van der Waals surface area contributed by atoms with Crippen molar-refractivity contribution >= 4 is 23.4 Å². The number of nitrogens with two attached hydrogens (primary N) is 2. The summed E-state index contributed by atoms with van der Waals surface area (Å²) in [5, 5.41) is 12.8. The number of aryl methyl sites for hydroxylation is 1. The van der Waals surface area contributed by atoms with Crippen molar-refractivity contribution in [2.75, 3.05) is 0 Å². The van der Waals surface area contributed by atoms with Crippen LogP contribution >= 0.6 is 0 Å². The van der Waals surface area contributed by atoms with Gasteiger partial charge in [0.25, 0.3) is 5.69 Å². The summed E-state index contributed by atoms with van der Waals surface area (Å²) in [6, 6.07) is 3.55. The fraction of sp³-hybridized carbons (Fsp3) is 0.111. The van der Waals surface area contributed by atoms with E-state index in [0.717, 1.165) is 5.56 Å². The predicted molar refractivity (Wildman–Crippen MR) is 61.8 cm³/mol. The molecule has 1 aromatic rings. The molecule has 0 bridgehead atoms. The van der Waals surface area contributed by atoms with Gasteiger partial charge in [-0.2, -0.15) is 0 Å². The highest BCUT2D eigenvalue weighted by Gasteiger charge is 2.13. The topological polar surface area (TPSA) is 137 Å². The maximum atomic E-state index is 10.8. The number of amides is 2. The Hall–Kier alpha value is -2.64. The maximum absolute atomic E-state index is 10.8. The number of aliphatic imine (C=N–C) groups is 1. The van der Waals surface area contributed by atoms with Crippen molar-refractivity contribution in [3.8, 4) is 0 Å². The largest absolute Gasteiger partial charge is 0.369 e. The van der Waals surface area contributed by atoms with E-state index in [1.54, 1.807) is 13.0 Å². The molecule has 0 heterocycles. The molecule has 0 aliphatic rings. The van der Waals surface area contributed by atoms with Crippen molar-refractivity contribution in [1.29, 1.82) is 0 Å². The maximum Gasteiger partial charge on any atom is 0.318 e. The lowest BCUT2D eigenvalue weighted by Gasteiger charge is -2.02. The number of carbonyl (C=O) groups is 1. The van der Waals surface area contributed by atoms with Gasteiger partial charge in [-0.15, -0.1) is 0 Å². The van der Waals surface area contributed by atoms with Gasteiger partial charge in [0, 0.05) is 6.07 Å². The number of carbonyl (C=O) groups excluding carboxylic acids is 1. The minimum Gasteiger partial charge on any atom is -0.369 e. The molecule has 0 spiro atoms. The first kappa shape index (κ1) is 12.4. The van der Waals surface area contributed by atoms with Crippen LogP contribution in [0.2, 0.25) is 0 Å². The summed E-state index contributed by atoms with van der Waals surface area (Å²) in [4.78, 5) is 24.4. The van der Waals surface area contributed by atoms with Crippen molar-refractivity contribution in [2.24, 2.45) is 16.5 Å². The van der Waals surface area contributed by atoms with E-state index in [9.17, 15) is 14.9 Å². The number of nitro benzene ring substituents is 1. The Kier molecular flexibility index (Phi) is 3.60. The van der Waals surface area contributed by atoms with Crippen LogP contribution in [-0.4, -0.2) is 16.9 Å². The van der Waals surface area contributed by atoms with Gasteiger partial charge in [0.1, 0.15) is 5.69 Å². The average Bonchev–Trinajstić information content (AvgIpc) is 2.19. The van der Waals surface area contributed by atoms with E-state index >= 15 is 0 Å². The van der Waals surface area contributed by atoms with Crippen molar-refractivity contribution in [3.05, 3.63) is 33.9 Å². The summed E-state index contributed by atoms with van der Waals surface area (Å²) >= 11 is 0. The monoisotopic (exact) mass is 237 g/mol. The SMILES string of the molecule is Cc1ccc(N=C(N)NC(N)=O)c([N+](=O)[O-])c1. The summed E-state index contributed by atoms with van der Waals surface area (Å²) in [6.07, 6.45) is 0. The van der Waals surface area contributed by atoms with Gasteiger partial charge in [0.05, 0.1) is 4.92 Å². The normalized spacial score (nSPS) is 11.0. The van der Waals surface area contributed by atoms with Crippen LogP contribution in [0.1, 0.15) is 5.56 Å². The molecule has 0 atom stereocenters. The summed E-state index contributed by atoms with van der Waals surface area (Å²) in [7, 11) is 0. The van der Waals surface area contributed by atoms with E-state index in [-0.39, 0.29) is 17.3 Å².